The quantitative estimate of drug-likeness (QED) is 0.832. The highest BCUT2D eigenvalue weighted by molar-refractivity contribution is 5.86. The van der Waals surface area contributed by atoms with Gasteiger partial charge in [-0.2, -0.15) is 0 Å². The third-order valence-electron chi connectivity index (χ3n) is 4.77. The first-order valence-corrected chi connectivity index (χ1v) is 8.57. The molecule has 0 N–H and O–H groups in total. The maximum atomic E-state index is 12.7. The van der Waals surface area contributed by atoms with E-state index in [0.717, 1.165) is 12.0 Å². The normalized spacial score (nSPS) is 19.3. The molecule has 0 spiro atoms. The van der Waals surface area contributed by atoms with Gasteiger partial charge in [0.1, 0.15) is 5.60 Å². The molecule has 0 aliphatic carbocycles. The summed E-state index contributed by atoms with van der Waals surface area (Å²) in [6, 6.07) is 10.0. The lowest BCUT2D eigenvalue weighted by Gasteiger charge is -2.34. The van der Waals surface area contributed by atoms with E-state index >= 15 is 0 Å². The number of hydrogen-bond acceptors (Lipinski definition) is 3. The summed E-state index contributed by atoms with van der Waals surface area (Å²) in [4.78, 5) is 29.0. The number of benzene rings is 1. The molecule has 1 saturated heterocycles. The predicted molar refractivity (Wildman–Crippen MR) is 93.4 cm³/mol. The van der Waals surface area contributed by atoms with Crippen molar-refractivity contribution in [1.82, 2.24) is 9.80 Å². The highest BCUT2D eigenvalue weighted by Crippen LogP contribution is 2.21. The molecular weight excluding hydrogens is 304 g/mol. The molecule has 0 radical (unpaired) electrons. The molecular formula is C19H28N2O3. The van der Waals surface area contributed by atoms with E-state index < -0.39 is 5.60 Å². The van der Waals surface area contributed by atoms with Crippen molar-refractivity contribution in [2.24, 2.45) is 0 Å². The van der Waals surface area contributed by atoms with E-state index in [4.69, 9.17) is 4.74 Å². The minimum absolute atomic E-state index is 0.0248. The molecule has 0 unspecified atom stereocenters. The summed E-state index contributed by atoms with van der Waals surface area (Å²) in [7, 11) is 1.54. The molecule has 0 bridgehead atoms. The molecule has 5 nitrogen and oxygen atoms in total. The van der Waals surface area contributed by atoms with Gasteiger partial charge in [-0.1, -0.05) is 37.3 Å². The first kappa shape index (κ1) is 18.5. The highest BCUT2D eigenvalue weighted by atomic mass is 16.5. The van der Waals surface area contributed by atoms with Crippen LogP contribution in [0.25, 0.3) is 0 Å². The number of rotatable bonds is 5. The number of carbonyl (C=O) groups excluding carboxylic acids is 2. The van der Waals surface area contributed by atoms with Gasteiger partial charge in [-0.3, -0.25) is 9.59 Å². The Kier molecular flexibility index (Phi) is 5.99. The van der Waals surface area contributed by atoms with Crippen LogP contribution in [0.2, 0.25) is 0 Å². The second-order valence-electron chi connectivity index (χ2n) is 6.78. The van der Waals surface area contributed by atoms with E-state index in [0.29, 0.717) is 26.1 Å². The molecule has 2 amide bonds. The van der Waals surface area contributed by atoms with Crippen molar-refractivity contribution in [3.8, 4) is 0 Å². The maximum Gasteiger partial charge on any atom is 0.254 e. The lowest BCUT2D eigenvalue weighted by molar-refractivity contribution is -0.151. The lowest BCUT2D eigenvalue weighted by atomic mass is 10.1. The van der Waals surface area contributed by atoms with E-state index in [2.05, 4.69) is 6.92 Å². The summed E-state index contributed by atoms with van der Waals surface area (Å²) >= 11 is 0. The number of ether oxygens (including phenoxy) is 1. The third kappa shape index (κ3) is 4.15. The Morgan fingerprint density at radius 3 is 2.54 bits per heavy atom. The molecule has 2 rings (SSSR count). The molecule has 1 atom stereocenters. The van der Waals surface area contributed by atoms with Gasteiger partial charge in [0, 0.05) is 39.2 Å². The van der Waals surface area contributed by atoms with Crippen LogP contribution in [0, 0.1) is 0 Å². The van der Waals surface area contributed by atoms with Gasteiger partial charge in [0.2, 0.25) is 5.91 Å². The van der Waals surface area contributed by atoms with E-state index in [1.807, 2.05) is 35.2 Å². The molecule has 1 aromatic carbocycles. The first-order chi connectivity index (χ1) is 11.4. The molecule has 132 valence electrons. The zero-order valence-corrected chi connectivity index (χ0v) is 15.1. The van der Waals surface area contributed by atoms with Crippen molar-refractivity contribution in [3.05, 3.63) is 35.9 Å². The van der Waals surface area contributed by atoms with Crippen molar-refractivity contribution in [1.29, 1.82) is 0 Å². The van der Waals surface area contributed by atoms with Crippen LogP contribution in [0.3, 0.4) is 0 Å². The van der Waals surface area contributed by atoms with Crippen LogP contribution < -0.4 is 0 Å². The van der Waals surface area contributed by atoms with Gasteiger partial charge in [-0.15, -0.1) is 0 Å². The minimum Gasteiger partial charge on any atom is -0.369 e. The van der Waals surface area contributed by atoms with Gasteiger partial charge in [0.15, 0.2) is 0 Å². The van der Waals surface area contributed by atoms with Gasteiger partial charge in [-0.05, 0) is 25.8 Å². The number of methoxy groups -OCH3 is 1. The van der Waals surface area contributed by atoms with Crippen LogP contribution in [0.15, 0.2) is 30.3 Å². The summed E-state index contributed by atoms with van der Waals surface area (Å²) in [6.07, 6.45) is 1.17. The van der Waals surface area contributed by atoms with Crippen LogP contribution >= 0.6 is 0 Å². The van der Waals surface area contributed by atoms with E-state index in [1.54, 1.807) is 25.9 Å². The molecule has 1 aromatic rings. The van der Waals surface area contributed by atoms with Crippen LogP contribution in [0.4, 0.5) is 0 Å². The Balaban J connectivity index is 2.17. The zero-order valence-electron chi connectivity index (χ0n) is 15.1. The largest absolute Gasteiger partial charge is 0.369 e. The molecule has 0 saturated carbocycles. The Labute approximate surface area is 144 Å². The van der Waals surface area contributed by atoms with E-state index in [-0.39, 0.29) is 17.9 Å². The van der Waals surface area contributed by atoms with Crippen LogP contribution in [-0.4, -0.2) is 53.5 Å². The van der Waals surface area contributed by atoms with E-state index in [1.165, 1.54) is 0 Å². The SMILES string of the molecule is CC[C@@H]1CN(C(=O)C(C)(C)OC)CCC(=O)N1Cc1ccccc1. The molecule has 1 aliphatic heterocycles. The van der Waals surface area contributed by atoms with Crippen molar-refractivity contribution in [2.75, 3.05) is 20.2 Å². The van der Waals surface area contributed by atoms with Gasteiger partial charge < -0.3 is 14.5 Å². The topological polar surface area (TPSA) is 49.9 Å². The first-order valence-electron chi connectivity index (χ1n) is 8.57. The number of nitrogens with zero attached hydrogens (tertiary/aromatic N) is 2. The summed E-state index contributed by atoms with van der Waals surface area (Å²) in [5.41, 5.74) is 0.247. The van der Waals surface area contributed by atoms with Crippen LogP contribution in [0.1, 0.15) is 39.2 Å². The fourth-order valence-corrected chi connectivity index (χ4v) is 3.02. The molecule has 24 heavy (non-hydrogen) atoms. The van der Waals surface area contributed by atoms with Gasteiger partial charge in [-0.25, -0.2) is 0 Å². The average Bonchev–Trinajstić information content (AvgIpc) is 2.75. The molecule has 1 aliphatic rings. The van der Waals surface area contributed by atoms with Gasteiger partial charge in [0.25, 0.3) is 5.91 Å². The Hall–Kier alpha value is -1.88. The second-order valence-corrected chi connectivity index (χ2v) is 6.78. The predicted octanol–water partition coefficient (Wildman–Crippen LogP) is 2.45. The highest BCUT2D eigenvalue weighted by Gasteiger charge is 2.36. The van der Waals surface area contributed by atoms with Gasteiger partial charge >= 0.3 is 0 Å². The second kappa shape index (κ2) is 7.79. The fourth-order valence-electron chi connectivity index (χ4n) is 3.02. The summed E-state index contributed by atoms with van der Waals surface area (Å²) in [6.45, 7) is 7.20. The van der Waals surface area contributed by atoms with Crippen molar-refractivity contribution in [3.63, 3.8) is 0 Å². The zero-order chi connectivity index (χ0) is 17.7. The summed E-state index contributed by atoms with van der Waals surface area (Å²) < 4.78 is 5.32. The lowest BCUT2D eigenvalue weighted by Crippen LogP contribution is -2.50. The molecule has 1 fully saturated rings. The summed E-state index contributed by atoms with van der Waals surface area (Å²) in [5.74, 6) is 0.0500. The average molecular weight is 332 g/mol. The number of amides is 2. The Morgan fingerprint density at radius 1 is 1.29 bits per heavy atom. The molecule has 5 heteroatoms. The van der Waals surface area contributed by atoms with Crippen molar-refractivity contribution >= 4 is 11.8 Å². The number of hydrogen-bond donors (Lipinski definition) is 0. The van der Waals surface area contributed by atoms with Crippen molar-refractivity contribution < 1.29 is 14.3 Å². The summed E-state index contributed by atoms with van der Waals surface area (Å²) in [5, 5.41) is 0. The fraction of sp³-hybridized carbons (Fsp3) is 0.579. The number of carbonyl (C=O) groups is 2. The third-order valence-corrected chi connectivity index (χ3v) is 4.77. The Bertz CT molecular complexity index is 571. The standard InChI is InChI=1S/C19H28N2O3/c1-5-16-14-20(18(23)19(2,3)24-4)12-11-17(22)21(16)13-15-9-7-6-8-10-15/h6-10,16H,5,11-14H2,1-4H3/t16-/m1/s1. The van der Waals surface area contributed by atoms with Crippen LogP contribution in [0.5, 0.6) is 0 Å². The molecule has 0 aromatic heterocycles. The monoisotopic (exact) mass is 332 g/mol. The van der Waals surface area contributed by atoms with Crippen molar-refractivity contribution in [2.45, 2.75) is 51.8 Å². The van der Waals surface area contributed by atoms with Crippen LogP contribution in [-0.2, 0) is 20.9 Å². The Morgan fingerprint density at radius 2 is 1.96 bits per heavy atom. The smallest absolute Gasteiger partial charge is 0.254 e. The molecule has 1 heterocycles. The maximum absolute atomic E-state index is 12.7. The van der Waals surface area contributed by atoms with E-state index in [9.17, 15) is 9.59 Å². The minimum atomic E-state index is -0.865. The van der Waals surface area contributed by atoms with Gasteiger partial charge in [0.05, 0.1) is 0 Å².